The number of aromatic nitrogens is 2. The van der Waals surface area contributed by atoms with Crippen molar-refractivity contribution < 1.29 is 32.2 Å². The highest BCUT2D eigenvalue weighted by molar-refractivity contribution is 7.23. The number of hydrogen-bond acceptors (Lipinski definition) is 9. The lowest BCUT2D eigenvalue weighted by Crippen LogP contribution is -2.57. The minimum Gasteiger partial charge on any atom is -0.444 e. The molecule has 1 N–H and O–H groups in total. The summed E-state index contributed by atoms with van der Waals surface area (Å²) in [5.41, 5.74) is -1.71. The third-order valence-corrected chi connectivity index (χ3v) is 9.07. The Hall–Kier alpha value is -4.64. The van der Waals surface area contributed by atoms with E-state index in [1.54, 1.807) is 52.5 Å². The van der Waals surface area contributed by atoms with E-state index in [4.69, 9.17) is 9.47 Å². The molecule has 2 aliphatic rings. The Morgan fingerprint density at radius 2 is 1.60 bits per heavy atom. The van der Waals surface area contributed by atoms with E-state index in [1.165, 1.54) is 12.1 Å². The predicted molar refractivity (Wildman–Crippen MR) is 172 cm³/mol. The van der Waals surface area contributed by atoms with E-state index in [-0.39, 0.29) is 60.6 Å². The van der Waals surface area contributed by atoms with Crippen LogP contribution in [0.2, 0.25) is 0 Å². The first-order chi connectivity index (χ1) is 22.0. The molecule has 14 heteroatoms. The number of piperazine rings is 1. The molecule has 246 valence electrons. The maximum atomic E-state index is 16.4. The molecule has 2 unspecified atom stereocenters. The van der Waals surface area contributed by atoms with E-state index >= 15 is 8.78 Å². The van der Waals surface area contributed by atoms with Crippen LogP contribution in [0.5, 0.6) is 0 Å². The van der Waals surface area contributed by atoms with Crippen molar-refractivity contribution in [2.75, 3.05) is 23.3 Å². The number of amides is 2. The second-order valence-electron chi connectivity index (χ2n) is 13.7. The molecule has 0 radical (unpaired) electrons. The van der Waals surface area contributed by atoms with E-state index in [0.717, 1.165) is 30.2 Å². The molecule has 0 spiro atoms. The summed E-state index contributed by atoms with van der Waals surface area (Å²) in [4.78, 5) is 36.9. The van der Waals surface area contributed by atoms with Gasteiger partial charge in [-0.3, -0.25) is 10.2 Å². The van der Waals surface area contributed by atoms with Gasteiger partial charge in [0.25, 0.3) is 0 Å². The summed E-state index contributed by atoms with van der Waals surface area (Å²) in [6, 6.07) is 7.11. The van der Waals surface area contributed by atoms with Gasteiger partial charge in [0.05, 0.1) is 22.3 Å². The van der Waals surface area contributed by atoms with Crippen LogP contribution < -0.4 is 10.2 Å². The average Bonchev–Trinajstić information content (AvgIpc) is 3.46. The number of nitrogens with one attached hydrogen (secondary N) is 1. The minimum atomic E-state index is -1.13. The monoisotopic (exact) mass is 666 g/mol. The number of hydrogen-bond donors (Lipinski definition) is 1. The van der Waals surface area contributed by atoms with Crippen molar-refractivity contribution in [1.82, 2.24) is 14.9 Å². The van der Waals surface area contributed by atoms with Crippen LogP contribution in [0.4, 0.5) is 33.6 Å². The Bertz CT molecular complexity index is 1970. The van der Waals surface area contributed by atoms with E-state index in [1.807, 2.05) is 11.0 Å². The Kier molecular flexibility index (Phi) is 7.94. The fourth-order valence-electron chi connectivity index (χ4n) is 6.24. The third-order valence-electron chi connectivity index (χ3n) is 7.95. The van der Waals surface area contributed by atoms with Gasteiger partial charge in [-0.1, -0.05) is 12.1 Å². The average molecular weight is 667 g/mol. The molecule has 2 amide bonds. The van der Waals surface area contributed by atoms with E-state index < -0.39 is 41.1 Å². The quantitative estimate of drug-likeness (QED) is 0.221. The highest BCUT2D eigenvalue weighted by Crippen LogP contribution is 2.44. The summed E-state index contributed by atoms with van der Waals surface area (Å²) >= 11 is 0.822. The summed E-state index contributed by atoms with van der Waals surface area (Å²) in [6.07, 6.45) is -0.902. The zero-order valence-corrected chi connectivity index (χ0v) is 27.5. The minimum absolute atomic E-state index is 0.0255. The molecule has 0 saturated carbocycles. The van der Waals surface area contributed by atoms with Gasteiger partial charge in [-0.2, -0.15) is 19.6 Å². The molecule has 2 fully saturated rings. The lowest BCUT2D eigenvalue weighted by atomic mass is 9.97. The smallest absolute Gasteiger partial charge is 0.412 e. The number of thiophene rings is 1. The molecule has 6 rings (SSSR count). The molecule has 4 heterocycles. The van der Waals surface area contributed by atoms with E-state index in [0.29, 0.717) is 13.1 Å². The SMILES string of the molecule is CC(C)(C)OC(=O)Nc1sc2c(F)ccc(-c3ccc4c(N5CC6CCC(C5)N6C(=O)OC(C)(C)C)nc(F)nc4c3F)c2c1C#N. The van der Waals surface area contributed by atoms with Gasteiger partial charge in [-0.25, -0.2) is 18.4 Å². The fraction of sp³-hybridized carbons (Fsp3) is 0.424. The number of benzene rings is 2. The van der Waals surface area contributed by atoms with Crippen LogP contribution in [0.25, 0.3) is 32.1 Å². The lowest BCUT2D eigenvalue weighted by molar-refractivity contribution is 0.0122. The highest BCUT2D eigenvalue weighted by atomic mass is 32.1. The van der Waals surface area contributed by atoms with Crippen LogP contribution in [0.3, 0.4) is 0 Å². The number of carbonyl (C=O) groups is 2. The first kappa shape index (κ1) is 32.3. The van der Waals surface area contributed by atoms with Crippen molar-refractivity contribution in [3.63, 3.8) is 0 Å². The van der Waals surface area contributed by atoms with Gasteiger partial charge in [0.2, 0.25) is 0 Å². The standard InChI is InChI=1S/C33H33F3N6O4S/c1-32(2,3)45-30(43)40-28-21(13-37)23-18(11-12-22(34)26(23)47-28)19-9-10-20-25(24(19)35)38-29(36)39-27(20)41-14-16-7-8-17(15-41)42(16)31(44)46-33(4,5)6/h9-12,16-17H,7-8,14-15H2,1-6H3,(H,40,43). The molecule has 2 bridgehead atoms. The number of ether oxygens (including phenoxy) is 2. The summed E-state index contributed by atoms with van der Waals surface area (Å²) in [5.74, 6) is -1.36. The Labute approximate surface area is 273 Å². The van der Waals surface area contributed by atoms with E-state index in [2.05, 4.69) is 15.3 Å². The molecule has 2 aromatic heterocycles. The van der Waals surface area contributed by atoms with Crippen molar-refractivity contribution in [2.45, 2.75) is 77.7 Å². The Morgan fingerprint density at radius 1 is 0.957 bits per heavy atom. The van der Waals surface area contributed by atoms with Crippen LogP contribution in [0.1, 0.15) is 59.9 Å². The van der Waals surface area contributed by atoms with Crippen LogP contribution in [0.15, 0.2) is 24.3 Å². The molecule has 0 aliphatic carbocycles. The molecule has 2 saturated heterocycles. The molecule has 2 atom stereocenters. The Morgan fingerprint density at radius 3 is 2.21 bits per heavy atom. The molecule has 4 aromatic rings. The highest BCUT2D eigenvalue weighted by Gasteiger charge is 2.45. The normalized spacial score (nSPS) is 18.0. The van der Waals surface area contributed by atoms with Crippen molar-refractivity contribution in [3.05, 3.63) is 47.5 Å². The van der Waals surface area contributed by atoms with Crippen LogP contribution in [-0.4, -0.2) is 63.4 Å². The zero-order valence-electron chi connectivity index (χ0n) is 26.7. The lowest BCUT2D eigenvalue weighted by Gasteiger charge is -2.42. The second kappa shape index (κ2) is 11.6. The number of nitriles is 1. The third kappa shape index (κ3) is 6.12. The number of fused-ring (bicyclic) bond motifs is 4. The molecular formula is C33H33F3N6O4S. The summed E-state index contributed by atoms with van der Waals surface area (Å²) < 4.78 is 57.4. The molecule has 47 heavy (non-hydrogen) atoms. The van der Waals surface area contributed by atoms with Crippen LogP contribution >= 0.6 is 11.3 Å². The van der Waals surface area contributed by atoms with Gasteiger partial charge >= 0.3 is 18.3 Å². The number of halogens is 3. The topological polar surface area (TPSA) is 121 Å². The second-order valence-corrected chi connectivity index (χ2v) is 14.7. The molecular weight excluding hydrogens is 633 g/mol. The van der Waals surface area contributed by atoms with Gasteiger partial charge < -0.3 is 14.4 Å². The first-order valence-electron chi connectivity index (χ1n) is 15.1. The zero-order chi connectivity index (χ0) is 34.0. The number of carbonyl (C=O) groups excluding carboxylic acids is 2. The van der Waals surface area contributed by atoms with Gasteiger partial charge in [0, 0.05) is 29.4 Å². The largest absolute Gasteiger partial charge is 0.444 e. The number of rotatable bonds is 3. The first-order valence-corrected chi connectivity index (χ1v) is 15.9. The van der Waals surface area contributed by atoms with Crippen LogP contribution in [-0.2, 0) is 9.47 Å². The van der Waals surface area contributed by atoms with Crippen molar-refractivity contribution in [2.24, 2.45) is 0 Å². The van der Waals surface area contributed by atoms with Crippen molar-refractivity contribution in [1.29, 1.82) is 5.26 Å². The van der Waals surface area contributed by atoms with Crippen molar-refractivity contribution >= 4 is 55.3 Å². The van der Waals surface area contributed by atoms with Gasteiger partial charge in [-0.05, 0) is 72.1 Å². The maximum absolute atomic E-state index is 16.4. The molecule has 2 aliphatic heterocycles. The number of nitrogens with zero attached hydrogens (tertiary/aromatic N) is 5. The Balaban J connectivity index is 1.39. The molecule has 10 nitrogen and oxygen atoms in total. The number of anilines is 2. The fourth-order valence-corrected chi connectivity index (χ4v) is 7.31. The van der Waals surface area contributed by atoms with E-state index in [9.17, 15) is 19.2 Å². The van der Waals surface area contributed by atoms with Gasteiger partial charge in [0.1, 0.15) is 39.4 Å². The summed E-state index contributed by atoms with van der Waals surface area (Å²) in [6.45, 7) is 11.1. The summed E-state index contributed by atoms with van der Waals surface area (Å²) in [5, 5.41) is 13.0. The predicted octanol–water partition coefficient (Wildman–Crippen LogP) is 7.74. The summed E-state index contributed by atoms with van der Waals surface area (Å²) in [7, 11) is 0. The molecule has 2 aromatic carbocycles. The maximum Gasteiger partial charge on any atom is 0.412 e. The van der Waals surface area contributed by atoms with Gasteiger partial charge in [-0.15, -0.1) is 11.3 Å². The van der Waals surface area contributed by atoms with Crippen LogP contribution in [0, 0.1) is 29.0 Å². The van der Waals surface area contributed by atoms with Crippen molar-refractivity contribution in [3.8, 4) is 17.2 Å². The van der Waals surface area contributed by atoms with Gasteiger partial charge in [0.15, 0.2) is 5.82 Å².